The van der Waals surface area contributed by atoms with Crippen molar-refractivity contribution in [2.75, 3.05) is 17.6 Å². The summed E-state index contributed by atoms with van der Waals surface area (Å²) in [5.74, 6) is 2.80. The highest BCUT2D eigenvalue weighted by Gasteiger charge is 2.19. The molecule has 0 amide bonds. The van der Waals surface area contributed by atoms with Crippen molar-refractivity contribution < 1.29 is 0 Å². The molecule has 1 aliphatic rings. The molecule has 0 bridgehead atoms. The number of aromatic nitrogens is 2. The molecule has 0 saturated heterocycles. The SMILES string of the molecule is CCn1nc(C)c(N)c1NCCC1CCCC(C)C1. The van der Waals surface area contributed by atoms with E-state index in [9.17, 15) is 0 Å². The van der Waals surface area contributed by atoms with Crippen molar-refractivity contribution in [3.63, 3.8) is 0 Å². The molecule has 1 fully saturated rings. The van der Waals surface area contributed by atoms with Gasteiger partial charge in [-0.2, -0.15) is 5.10 Å². The summed E-state index contributed by atoms with van der Waals surface area (Å²) in [6, 6.07) is 0. The summed E-state index contributed by atoms with van der Waals surface area (Å²) in [5.41, 5.74) is 7.81. The van der Waals surface area contributed by atoms with Crippen LogP contribution in [0.15, 0.2) is 0 Å². The molecular formula is C15H28N4. The van der Waals surface area contributed by atoms with Crippen LogP contribution in [0.4, 0.5) is 11.5 Å². The van der Waals surface area contributed by atoms with Gasteiger partial charge < -0.3 is 11.1 Å². The number of nitrogens with two attached hydrogens (primary N) is 1. The van der Waals surface area contributed by atoms with Crippen LogP contribution >= 0.6 is 0 Å². The predicted molar refractivity (Wildman–Crippen MR) is 81.3 cm³/mol. The molecule has 3 N–H and O–H groups in total. The highest BCUT2D eigenvalue weighted by Crippen LogP contribution is 2.31. The monoisotopic (exact) mass is 264 g/mol. The Hall–Kier alpha value is -1.19. The van der Waals surface area contributed by atoms with Gasteiger partial charge in [-0.1, -0.05) is 26.2 Å². The van der Waals surface area contributed by atoms with Crippen molar-refractivity contribution in [3.05, 3.63) is 5.69 Å². The van der Waals surface area contributed by atoms with Crippen molar-refractivity contribution in [2.45, 2.75) is 59.4 Å². The molecule has 1 aliphatic carbocycles. The smallest absolute Gasteiger partial charge is 0.148 e. The largest absolute Gasteiger partial charge is 0.394 e. The highest BCUT2D eigenvalue weighted by molar-refractivity contribution is 5.64. The Balaban J connectivity index is 1.85. The zero-order valence-corrected chi connectivity index (χ0v) is 12.6. The van der Waals surface area contributed by atoms with Crippen molar-refractivity contribution >= 4 is 11.5 Å². The molecule has 108 valence electrons. The first-order chi connectivity index (χ1) is 9.11. The molecule has 1 aromatic rings. The second-order valence-corrected chi connectivity index (χ2v) is 6.02. The minimum Gasteiger partial charge on any atom is -0.394 e. The third-order valence-electron chi connectivity index (χ3n) is 4.36. The van der Waals surface area contributed by atoms with Gasteiger partial charge in [0, 0.05) is 13.1 Å². The predicted octanol–water partition coefficient (Wildman–Crippen LogP) is 3.42. The van der Waals surface area contributed by atoms with Gasteiger partial charge in [0.25, 0.3) is 0 Å². The molecule has 0 spiro atoms. The number of anilines is 2. The number of hydrogen-bond acceptors (Lipinski definition) is 3. The summed E-state index contributed by atoms with van der Waals surface area (Å²) in [7, 11) is 0. The van der Waals surface area contributed by atoms with Crippen molar-refractivity contribution in [1.82, 2.24) is 9.78 Å². The minimum absolute atomic E-state index is 0.805. The lowest BCUT2D eigenvalue weighted by atomic mass is 9.81. The van der Waals surface area contributed by atoms with Crippen LogP contribution in [-0.2, 0) is 6.54 Å². The zero-order chi connectivity index (χ0) is 13.8. The highest BCUT2D eigenvalue weighted by atomic mass is 15.3. The van der Waals surface area contributed by atoms with Crippen molar-refractivity contribution in [3.8, 4) is 0 Å². The Morgan fingerprint density at radius 2 is 2.21 bits per heavy atom. The maximum atomic E-state index is 6.07. The lowest BCUT2D eigenvalue weighted by Crippen LogP contribution is -2.17. The van der Waals surface area contributed by atoms with E-state index >= 15 is 0 Å². The Morgan fingerprint density at radius 3 is 2.89 bits per heavy atom. The third-order valence-corrected chi connectivity index (χ3v) is 4.36. The molecule has 0 radical (unpaired) electrons. The molecule has 1 heterocycles. The average Bonchev–Trinajstić information content (AvgIpc) is 2.66. The number of rotatable bonds is 5. The van der Waals surface area contributed by atoms with Gasteiger partial charge in [-0.15, -0.1) is 0 Å². The molecule has 2 atom stereocenters. The molecule has 4 nitrogen and oxygen atoms in total. The first-order valence-electron chi connectivity index (χ1n) is 7.68. The lowest BCUT2D eigenvalue weighted by molar-refractivity contribution is 0.274. The second kappa shape index (κ2) is 6.31. The summed E-state index contributed by atoms with van der Waals surface area (Å²) in [4.78, 5) is 0. The fraction of sp³-hybridized carbons (Fsp3) is 0.800. The Kier molecular flexibility index (Phi) is 4.72. The molecule has 1 aromatic heterocycles. The van der Waals surface area contributed by atoms with Gasteiger partial charge >= 0.3 is 0 Å². The number of nitrogen functional groups attached to an aromatic ring is 1. The van der Waals surface area contributed by atoms with Crippen molar-refractivity contribution in [1.29, 1.82) is 0 Å². The molecule has 0 aromatic carbocycles. The number of aryl methyl sites for hydroxylation is 2. The van der Waals surface area contributed by atoms with Crippen LogP contribution in [0.25, 0.3) is 0 Å². The van der Waals surface area contributed by atoms with Gasteiger partial charge in [-0.25, -0.2) is 4.68 Å². The van der Waals surface area contributed by atoms with E-state index in [1.807, 2.05) is 11.6 Å². The lowest BCUT2D eigenvalue weighted by Gasteiger charge is -2.26. The fourth-order valence-corrected chi connectivity index (χ4v) is 3.23. The second-order valence-electron chi connectivity index (χ2n) is 6.02. The molecular weight excluding hydrogens is 236 g/mol. The summed E-state index contributed by atoms with van der Waals surface area (Å²) in [6.07, 6.45) is 6.85. The van der Waals surface area contributed by atoms with Gasteiger partial charge in [0.2, 0.25) is 0 Å². The molecule has 4 heteroatoms. The Bertz CT molecular complexity index is 411. The van der Waals surface area contributed by atoms with E-state index in [1.54, 1.807) is 0 Å². The van der Waals surface area contributed by atoms with E-state index in [-0.39, 0.29) is 0 Å². The molecule has 2 unspecified atom stereocenters. The van der Waals surface area contributed by atoms with Crippen LogP contribution in [0.2, 0.25) is 0 Å². The summed E-state index contributed by atoms with van der Waals surface area (Å²) < 4.78 is 1.97. The van der Waals surface area contributed by atoms with Crippen LogP contribution in [0.1, 0.15) is 51.6 Å². The molecule has 1 saturated carbocycles. The number of nitrogens with one attached hydrogen (secondary N) is 1. The summed E-state index contributed by atoms with van der Waals surface area (Å²) in [6.45, 7) is 8.32. The standard InChI is InChI=1S/C15H28N4/c1-4-19-15(14(16)12(3)18-19)17-9-8-13-7-5-6-11(2)10-13/h11,13,17H,4-10,16H2,1-3H3. The first-order valence-corrected chi connectivity index (χ1v) is 7.68. The third kappa shape index (κ3) is 3.43. The zero-order valence-electron chi connectivity index (χ0n) is 12.6. The maximum Gasteiger partial charge on any atom is 0.148 e. The molecule has 2 rings (SSSR count). The van der Waals surface area contributed by atoms with Crippen LogP contribution in [0.5, 0.6) is 0 Å². The molecule has 0 aliphatic heterocycles. The van der Waals surface area contributed by atoms with Gasteiger partial charge in [-0.3, -0.25) is 0 Å². The van der Waals surface area contributed by atoms with E-state index in [4.69, 9.17) is 5.73 Å². The van der Waals surface area contributed by atoms with E-state index < -0.39 is 0 Å². The topological polar surface area (TPSA) is 55.9 Å². The first kappa shape index (κ1) is 14.2. The Morgan fingerprint density at radius 1 is 1.42 bits per heavy atom. The van der Waals surface area contributed by atoms with Crippen LogP contribution < -0.4 is 11.1 Å². The Labute approximate surface area is 116 Å². The van der Waals surface area contributed by atoms with E-state index in [0.717, 1.165) is 42.1 Å². The van der Waals surface area contributed by atoms with Crippen LogP contribution in [0.3, 0.4) is 0 Å². The normalized spacial score (nSPS) is 23.5. The van der Waals surface area contributed by atoms with E-state index in [2.05, 4.69) is 24.3 Å². The summed E-state index contributed by atoms with van der Waals surface area (Å²) >= 11 is 0. The van der Waals surface area contributed by atoms with Gasteiger partial charge in [0.15, 0.2) is 0 Å². The average molecular weight is 264 g/mol. The maximum absolute atomic E-state index is 6.07. The minimum atomic E-state index is 0.805. The van der Waals surface area contributed by atoms with E-state index in [0.29, 0.717) is 0 Å². The number of hydrogen-bond donors (Lipinski definition) is 2. The summed E-state index contributed by atoms with van der Waals surface area (Å²) in [5, 5.41) is 7.93. The van der Waals surface area contributed by atoms with Crippen LogP contribution in [0, 0.1) is 18.8 Å². The van der Waals surface area contributed by atoms with Crippen LogP contribution in [-0.4, -0.2) is 16.3 Å². The molecule has 19 heavy (non-hydrogen) atoms. The van der Waals surface area contributed by atoms with Gasteiger partial charge in [0.1, 0.15) is 5.82 Å². The van der Waals surface area contributed by atoms with Crippen molar-refractivity contribution in [2.24, 2.45) is 11.8 Å². The fourth-order valence-electron chi connectivity index (χ4n) is 3.23. The van der Waals surface area contributed by atoms with Gasteiger partial charge in [0.05, 0.1) is 11.4 Å². The quantitative estimate of drug-likeness (QED) is 0.856. The number of nitrogens with zero attached hydrogens (tertiary/aromatic N) is 2. The van der Waals surface area contributed by atoms with E-state index in [1.165, 1.54) is 32.1 Å². The van der Waals surface area contributed by atoms with Gasteiger partial charge in [-0.05, 0) is 38.5 Å².